The fourth-order valence-electron chi connectivity index (χ4n) is 2.19. The summed E-state index contributed by atoms with van der Waals surface area (Å²) in [4.78, 5) is 0. The zero-order valence-electron chi connectivity index (χ0n) is 12.6. The Morgan fingerprint density at radius 1 is 1.19 bits per heavy atom. The molecule has 0 aliphatic heterocycles. The molecule has 3 N–H and O–H groups in total. The van der Waals surface area contributed by atoms with Crippen LogP contribution in [-0.2, 0) is 6.42 Å². The standard InChI is InChI=1S/C17H23NO3/c1-3-15(18)17(16-9-4-12(2)20-16)21-14-7-5-13(6-8-14)10-11-19/h4-9,15,17,19H,3,10-11,18H2,1-2H3. The van der Waals surface area contributed by atoms with Crippen molar-refractivity contribution in [2.45, 2.75) is 38.8 Å². The molecule has 0 saturated heterocycles. The topological polar surface area (TPSA) is 68.6 Å². The minimum Gasteiger partial charge on any atom is -0.481 e. The molecule has 1 heterocycles. The van der Waals surface area contributed by atoms with E-state index in [2.05, 4.69) is 0 Å². The predicted molar refractivity (Wildman–Crippen MR) is 82.3 cm³/mol. The van der Waals surface area contributed by atoms with Crippen LogP contribution in [0.15, 0.2) is 40.8 Å². The average Bonchev–Trinajstić information content (AvgIpc) is 2.92. The Kier molecular flexibility index (Phi) is 5.42. The highest BCUT2D eigenvalue weighted by atomic mass is 16.5. The second-order valence-corrected chi connectivity index (χ2v) is 5.18. The Morgan fingerprint density at radius 2 is 1.90 bits per heavy atom. The van der Waals surface area contributed by atoms with Gasteiger partial charge in [-0.3, -0.25) is 0 Å². The maximum absolute atomic E-state index is 8.93. The van der Waals surface area contributed by atoms with Crippen LogP contribution in [0.4, 0.5) is 0 Å². The average molecular weight is 289 g/mol. The van der Waals surface area contributed by atoms with Crippen LogP contribution in [0.5, 0.6) is 5.75 Å². The number of nitrogens with two attached hydrogens (primary N) is 1. The first-order valence-corrected chi connectivity index (χ1v) is 7.32. The van der Waals surface area contributed by atoms with Gasteiger partial charge in [-0.15, -0.1) is 0 Å². The van der Waals surface area contributed by atoms with Crippen LogP contribution in [-0.4, -0.2) is 17.8 Å². The van der Waals surface area contributed by atoms with Gasteiger partial charge in [0, 0.05) is 12.6 Å². The SMILES string of the molecule is CCC(N)C(Oc1ccc(CCO)cc1)c1ccc(C)o1. The summed E-state index contributed by atoms with van der Waals surface area (Å²) in [6, 6.07) is 11.4. The number of hydrogen-bond donors (Lipinski definition) is 2. The summed E-state index contributed by atoms with van der Waals surface area (Å²) in [6.07, 6.45) is 1.15. The molecule has 114 valence electrons. The lowest BCUT2D eigenvalue weighted by Crippen LogP contribution is -2.31. The third-order valence-corrected chi connectivity index (χ3v) is 3.49. The lowest BCUT2D eigenvalue weighted by atomic mass is 10.1. The minimum absolute atomic E-state index is 0.132. The van der Waals surface area contributed by atoms with Crippen LogP contribution < -0.4 is 10.5 Å². The van der Waals surface area contributed by atoms with Crippen molar-refractivity contribution in [3.8, 4) is 5.75 Å². The molecule has 0 spiro atoms. The van der Waals surface area contributed by atoms with E-state index in [1.807, 2.05) is 50.2 Å². The lowest BCUT2D eigenvalue weighted by molar-refractivity contribution is 0.143. The molecule has 0 aliphatic rings. The zero-order chi connectivity index (χ0) is 15.2. The minimum atomic E-state index is -0.299. The van der Waals surface area contributed by atoms with Gasteiger partial charge >= 0.3 is 0 Å². The third-order valence-electron chi connectivity index (χ3n) is 3.49. The van der Waals surface area contributed by atoms with Gasteiger partial charge < -0.3 is 20.0 Å². The summed E-state index contributed by atoms with van der Waals surface area (Å²) in [5.74, 6) is 2.35. The number of ether oxygens (including phenoxy) is 1. The van der Waals surface area contributed by atoms with Gasteiger partial charge in [-0.1, -0.05) is 19.1 Å². The highest BCUT2D eigenvalue weighted by Gasteiger charge is 2.23. The summed E-state index contributed by atoms with van der Waals surface area (Å²) in [6.45, 7) is 4.08. The maximum atomic E-state index is 8.93. The lowest BCUT2D eigenvalue weighted by Gasteiger charge is -2.22. The molecule has 0 fully saturated rings. The van der Waals surface area contributed by atoms with Crippen molar-refractivity contribution in [3.05, 3.63) is 53.5 Å². The Morgan fingerprint density at radius 3 is 2.43 bits per heavy atom. The molecule has 0 radical (unpaired) electrons. The van der Waals surface area contributed by atoms with Crippen molar-refractivity contribution in [1.82, 2.24) is 0 Å². The van der Waals surface area contributed by atoms with Gasteiger partial charge in [0.25, 0.3) is 0 Å². The van der Waals surface area contributed by atoms with E-state index in [1.54, 1.807) is 0 Å². The molecule has 2 atom stereocenters. The first kappa shape index (κ1) is 15.6. The molecule has 2 aromatic rings. The van der Waals surface area contributed by atoms with E-state index in [-0.39, 0.29) is 18.8 Å². The Hall–Kier alpha value is -1.78. The number of aliphatic hydroxyl groups is 1. The van der Waals surface area contributed by atoms with Crippen molar-refractivity contribution in [3.63, 3.8) is 0 Å². The molecule has 1 aromatic carbocycles. The van der Waals surface area contributed by atoms with Crippen molar-refractivity contribution < 1.29 is 14.3 Å². The Balaban J connectivity index is 2.15. The van der Waals surface area contributed by atoms with Crippen molar-refractivity contribution in [1.29, 1.82) is 0 Å². The Bertz CT molecular complexity index is 547. The molecule has 0 amide bonds. The zero-order valence-corrected chi connectivity index (χ0v) is 12.6. The summed E-state index contributed by atoms with van der Waals surface area (Å²) in [5, 5.41) is 8.93. The van der Waals surface area contributed by atoms with Crippen LogP contribution in [0.25, 0.3) is 0 Å². The van der Waals surface area contributed by atoms with Gasteiger partial charge in [0.2, 0.25) is 0 Å². The van der Waals surface area contributed by atoms with Gasteiger partial charge in [-0.25, -0.2) is 0 Å². The summed E-state index contributed by atoms with van der Waals surface area (Å²) in [5.41, 5.74) is 7.24. The molecule has 0 saturated carbocycles. The number of furan rings is 1. The fraction of sp³-hybridized carbons (Fsp3) is 0.412. The highest BCUT2D eigenvalue weighted by molar-refractivity contribution is 5.28. The van der Waals surface area contributed by atoms with Crippen LogP contribution in [0.2, 0.25) is 0 Å². The molecular weight excluding hydrogens is 266 g/mol. The normalized spacial score (nSPS) is 13.9. The van der Waals surface area contributed by atoms with Crippen molar-refractivity contribution in [2.75, 3.05) is 6.61 Å². The van der Waals surface area contributed by atoms with Crippen molar-refractivity contribution in [2.24, 2.45) is 5.73 Å². The van der Waals surface area contributed by atoms with E-state index >= 15 is 0 Å². The number of rotatable bonds is 7. The van der Waals surface area contributed by atoms with E-state index < -0.39 is 0 Å². The van der Waals surface area contributed by atoms with Crippen LogP contribution in [0, 0.1) is 6.92 Å². The summed E-state index contributed by atoms with van der Waals surface area (Å²) < 4.78 is 11.7. The first-order valence-electron chi connectivity index (χ1n) is 7.32. The molecule has 1 aromatic heterocycles. The molecule has 21 heavy (non-hydrogen) atoms. The molecule has 0 aliphatic carbocycles. The first-order chi connectivity index (χ1) is 10.1. The monoisotopic (exact) mass is 289 g/mol. The molecule has 4 nitrogen and oxygen atoms in total. The van der Waals surface area contributed by atoms with Crippen LogP contribution in [0.1, 0.15) is 36.5 Å². The number of aryl methyl sites for hydroxylation is 1. The third kappa shape index (κ3) is 4.09. The summed E-state index contributed by atoms with van der Waals surface area (Å²) >= 11 is 0. The van der Waals surface area contributed by atoms with E-state index in [9.17, 15) is 0 Å². The second-order valence-electron chi connectivity index (χ2n) is 5.18. The summed E-state index contributed by atoms with van der Waals surface area (Å²) in [7, 11) is 0. The maximum Gasteiger partial charge on any atom is 0.171 e. The number of benzene rings is 1. The van der Waals surface area contributed by atoms with Crippen LogP contribution >= 0.6 is 0 Å². The van der Waals surface area contributed by atoms with Gasteiger partial charge in [0.15, 0.2) is 6.10 Å². The molecular formula is C17H23NO3. The van der Waals surface area contributed by atoms with E-state index in [0.717, 1.165) is 29.3 Å². The predicted octanol–water partition coefficient (Wildman–Crippen LogP) is 2.98. The van der Waals surface area contributed by atoms with Gasteiger partial charge in [-0.05, 0) is 49.6 Å². The Labute approximate surface area is 125 Å². The van der Waals surface area contributed by atoms with E-state index in [4.69, 9.17) is 20.0 Å². The van der Waals surface area contributed by atoms with E-state index in [0.29, 0.717) is 6.42 Å². The molecule has 4 heteroatoms. The van der Waals surface area contributed by atoms with Crippen molar-refractivity contribution >= 4 is 0 Å². The largest absolute Gasteiger partial charge is 0.481 e. The smallest absolute Gasteiger partial charge is 0.171 e. The quantitative estimate of drug-likeness (QED) is 0.822. The van der Waals surface area contributed by atoms with E-state index in [1.165, 1.54) is 0 Å². The van der Waals surface area contributed by atoms with Gasteiger partial charge in [0.1, 0.15) is 17.3 Å². The second kappa shape index (κ2) is 7.29. The molecule has 2 rings (SSSR count). The van der Waals surface area contributed by atoms with Gasteiger partial charge in [-0.2, -0.15) is 0 Å². The van der Waals surface area contributed by atoms with Crippen LogP contribution in [0.3, 0.4) is 0 Å². The fourth-order valence-corrected chi connectivity index (χ4v) is 2.19. The number of hydrogen-bond acceptors (Lipinski definition) is 4. The van der Waals surface area contributed by atoms with Gasteiger partial charge in [0.05, 0.1) is 0 Å². The molecule has 2 unspecified atom stereocenters. The number of aliphatic hydroxyl groups excluding tert-OH is 1. The highest BCUT2D eigenvalue weighted by Crippen LogP contribution is 2.27. The molecule has 0 bridgehead atoms.